The van der Waals surface area contributed by atoms with Crippen molar-refractivity contribution in [3.8, 4) is 11.3 Å². The Morgan fingerprint density at radius 2 is 2.11 bits per heavy atom. The summed E-state index contributed by atoms with van der Waals surface area (Å²) in [5, 5.41) is 12.2. The molecule has 0 spiro atoms. The van der Waals surface area contributed by atoms with Crippen molar-refractivity contribution in [1.29, 1.82) is 5.26 Å². The lowest BCUT2D eigenvalue weighted by atomic mass is 10.0. The molecule has 1 aromatic rings. The highest BCUT2D eigenvalue weighted by molar-refractivity contribution is 7.13. The number of nitrogens with zero attached hydrogens (tertiary/aromatic N) is 2. The van der Waals surface area contributed by atoms with Crippen molar-refractivity contribution in [3.05, 3.63) is 22.3 Å². The first-order chi connectivity index (χ1) is 13.2. The van der Waals surface area contributed by atoms with Crippen molar-refractivity contribution >= 4 is 17.3 Å². The van der Waals surface area contributed by atoms with Crippen LogP contribution in [0.3, 0.4) is 0 Å². The number of nitrogens with one attached hydrogen (secondary N) is 1. The van der Waals surface area contributed by atoms with Gasteiger partial charge < -0.3 is 19.5 Å². The van der Waals surface area contributed by atoms with E-state index in [-0.39, 0.29) is 36.4 Å². The maximum absolute atomic E-state index is 12.2. The van der Waals surface area contributed by atoms with Gasteiger partial charge in [0.25, 0.3) is 5.19 Å². The Kier molecular flexibility index (Phi) is 9.75. The third-order valence-electron chi connectivity index (χ3n) is 3.17. The molecule has 0 saturated carbocycles. The van der Waals surface area contributed by atoms with Crippen LogP contribution in [-0.2, 0) is 20.8 Å². The van der Waals surface area contributed by atoms with Crippen LogP contribution < -0.4 is 10.1 Å². The number of ether oxygens (including phenoxy) is 3. The van der Waals surface area contributed by atoms with Gasteiger partial charge in [0.1, 0.15) is 12.7 Å². The van der Waals surface area contributed by atoms with Crippen LogP contribution in [0.5, 0.6) is 5.19 Å². The first-order valence-electron chi connectivity index (χ1n) is 8.45. The van der Waals surface area contributed by atoms with Crippen molar-refractivity contribution in [1.82, 2.24) is 10.3 Å². The largest absolute Gasteiger partial charge is 0.460 e. The quantitative estimate of drug-likeness (QED) is 0.254. The van der Waals surface area contributed by atoms with Crippen LogP contribution in [0.1, 0.15) is 25.6 Å². The Morgan fingerprint density at radius 3 is 2.68 bits per heavy atom. The molecular formula is C17H22F3N3O4S. The van der Waals surface area contributed by atoms with E-state index >= 15 is 0 Å². The molecule has 0 aliphatic heterocycles. The summed E-state index contributed by atoms with van der Waals surface area (Å²) < 4.78 is 51.2. The van der Waals surface area contributed by atoms with E-state index < -0.39 is 18.8 Å². The van der Waals surface area contributed by atoms with Crippen LogP contribution in [0.25, 0.3) is 0 Å². The Hall–Kier alpha value is -2.32. The third-order valence-corrected chi connectivity index (χ3v) is 4.08. The van der Waals surface area contributed by atoms with Gasteiger partial charge in [-0.15, -0.1) is 0 Å². The van der Waals surface area contributed by atoms with Crippen molar-refractivity contribution in [3.63, 3.8) is 0 Å². The maximum Gasteiger partial charge on any atom is 0.422 e. The number of hydrogen-bond acceptors (Lipinski definition) is 8. The van der Waals surface area contributed by atoms with Gasteiger partial charge in [-0.05, 0) is 12.8 Å². The average molecular weight is 421 g/mol. The van der Waals surface area contributed by atoms with Crippen LogP contribution in [0.15, 0.2) is 17.5 Å². The van der Waals surface area contributed by atoms with E-state index in [0.717, 1.165) is 11.3 Å². The smallest absolute Gasteiger partial charge is 0.422 e. The minimum absolute atomic E-state index is 0.0258. The van der Waals surface area contributed by atoms with Gasteiger partial charge in [-0.2, -0.15) is 18.4 Å². The Labute approximate surface area is 165 Å². The SMILES string of the molecule is CCOCCOC(=O)/C(C#N)=C(/NCc1cnc(OCC(F)(F)F)s1)C(C)C. The van der Waals surface area contributed by atoms with Crippen LogP contribution in [0.2, 0.25) is 0 Å². The van der Waals surface area contributed by atoms with E-state index in [1.807, 2.05) is 13.0 Å². The molecule has 0 atom stereocenters. The van der Waals surface area contributed by atoms with Crippen molar-refractivity contribution in [2.24, 2.45) is 5.92 Å². The van der Waals surface area contributed by atoms with Gasteiger partial charge in [-0.1, -0.05) is 25.2 Å². The minimum atomic E-state index is -4.44. The van der Waals surface area contributed by atoms with Gasteiger partial charge in [-0.25, -0.2) is 9.78 Å². The molecule has 156 valence electrons. The first kappa shape index (κ1) is 23.7. The first-order valence-corrected chi connectivity index (χ1v) is 9.26. The minimum Gasteiger partial charge on any atom is -0.460 e. The summed E-state index contributed by atoms with van der Waals surface area (Å²) in [7, 11) is 0. The maximum atomic E-state index is 12.2. The van der Waals surface area contributed by atoms with Gasteiger partial charge in [0.2, 0.25) is 0 Å². The van der Waals surface area contributed by atoms with Gasteiger partial charge in [0.15, 0.2) is 12.2 Å². The topological polar surface area (TPSA) is 93.5 Å². The fourth-order valence-electron chi connectivity index (χ4n) is 1.97. The molecule has 1 heterocycles. The highest BCUT2D eigenvalue weighted by Gasteiger charge is 2.29. The second-order valence-corrected chi connectivity index (χ2v) is 6.82. The summed E-state index contributed by atoms with van der Waals surface area (Å²) in [6.45, 7) is 4.87. The molecule has 1 rings (SSSR count). The molecule has 0 radical (unpaired) electrons. The van der Waals surface area contributed by atoms with E-state index in [2.05, 4.69) is 15.0 Å². The van der Waals surface area contributed by atoms with E-state index in [1.54, 1.807) is 13.8 Å². The monoisotopic (exact) mass is 421 g/mol. The predicted molar refractivity (Wildman–Crippen MR) is 95.4 cm³/mol. The summed E-state index contributed by atoms with van der Waals surface area (Å²) in [6.07, 6.45) is -3.07. The second kappa shape index (κ2) is 11.5. The third kappa shape index (κ3) is 8.58. The standard InChI is InChI=1S/C17H22F3N3O4S/c1-4-25-5-6-26-15(24)13(7-21)14(11(2)3)22-8-12-9-23-16(28-12)27-10-17(18,19)20/h9,11,22H,4-6,8,10H2,1-3H3/b14-13+. The molecule has 0 aromatic carbocycles. The number of carbonyl (C=O) groups excluding carboxylic acids is 1. The van der Waals surface area contributed by atoms with E-state index in [0.29, 0.717) is 17.2 Å². The molecule has 7 nitrogen and oxygen atoms in total. The van der Waals surface area contributed by atoms with Crippen molar-refractivity contribution in [2.75, 3.05) is 26.4 Å². The predicted octanol–water partition coefficient (Wildman–Crippen LogP) is 3.19. The highest BCUT2D eigenvalue weighted by Crippen LogP contribution is 2.24. The second-order valence-electron chi connectivity index (χ2n) is 5.74. The molecule has 0 unspecified atom stereocenters. The van der Waals surface area contributed by atoms with E-state index in [9.17, 15) is 23.2 Å². The molecule has 1 N–H and O–H groups in total. The zero-order valence-corrected chi connectivity index (χ0v) is 16.6. The molecule has 0 aliphatic rings. The van der Waals surface area contributed by atoms with Crippen molar-refractivity contribution < 1.29 is 32.2 Å². The summed E-state index contributed by atoms with van der Waals surface area (Å²) in [5.41, 5.74) is 0.208. The number of rotatable bonds is 11. The zero-order valence-electron chi connectivity index (χ0n) is 15.8. The van der Waals surface area contributed by atoms with Crippen molar-refractivity contribution in [2.45, 2.75) is 33.5 Å². The van der Waals surface area contributed by atoms with Crippen LogP contribution in [-0.4, -0.2) is 43.6 Å². The number of allylic oxidation sites excluding steroid dienone is 1. The number of carbonyl (C=O) groups is 1. The number of alkyl halides is 3. The molecule has 28 heavy (non-hydrogen) atoms. The number of nitriles is 1. The lowest BCUT2D eigenvalue weighted by Gasteiger charge is -2.16. The molecule has 0 fully saturated rings. The normalized spacial score (nSPS) is 12.4. The Balaban J connectivity index is 2.75. The number of thiazole rings is 1. The number of halogens is 3. The fraction of sp³-hybridized carbons (Fsp3) is 0.588. The lowest BCUT2D eigenvalue weighted by Crippen LogP contribution is -2.23. The zero-order chi connectivity index (χ0) is 21.2. The van der Waals surface area contributed by atoms with Gasteiger partial charge in [0, 0.05) is 23.4 Å². The summed E-state index contributed by atoms with van der Waals surface area (Å²) in [6, 6.07) is 1.84. The molecule has 0 aliphatic carbocycles. The molecule has 11 heteroatoms. The molecule has 0 saturated heterocycles. The molecule has 0 amide bonds. The molecule has 1 aromatic heterocycles. The van der Waals surface area contributed by atoms with E-state index in [4.69, 9.17) is 9.47 Å². The highest BCUT2D eigenvalue weighted by atomic mass is 32.1. The summed E-state index contributed by atoms with van der Waals surface area (Å²) in [5.74, 6) is -0.958. The average Bonchev–Trinajstić information content (AvgIpc) is 3.07. The van der Waals surface area contributed by atoms with Gasteiger partial charge in [0.05, 0.1) is 13.2 Å². The molecule has 0 bridgehead atoms. The number of hydrogen-bond donors (Lipinski definition) is 1. The van der Waals surface area contributed by atoms with Crippen LogP contribution in [0.4, 0.5) is 13.2 Å². The van der Waals surface area contributed by atoms with Crippen LogP contribution in [0, 0.1) is 17.2 Å². The van der Waals surface area contributed by atoms with Crippen LogP contribution >= 0.6 is 11.3 Å². The van der Waals surface area contributed by atoms with E-state index in [1.165, 1.54) is 6.20 Å². The molecular weight excluding hydrogens is 399 g/mol. The lowest BCUT2D eigenvalue weighted by molar-refractivity contribution is -0.153. The van der Waals surface area contributed by atoms with Gasteiger partial charge in [-0.3, -0.25) is 0 Å². The Bertz CT molecular complexity index is 711. The Morgan fingerprint density at radius 1 is 1.39 bits per heavy atom. The van der Waals surface area contributed by atoms with Gasteiger partial charge >= 0.3 is 12.1 Å². The summed E-state index contributed by atoms with van der Waals surface area (Å²) >= 11 is 0.940. The summed E-state index contributed by atoms with van der Waals surface area (Å²) in [4.78, 5) is 16.5. The number of esters is 1. The number of aromatic nitrogens is 1. The fourth-order valence-corrected chi connectivity index (χ4v) is 2.67.